The summed E-state index contributed by atoms with van der Waals surface area (Å²) in [6.07, 6.45) is 81.1. The molecule has 0 N–H and O–H groups in total. The highest BCUT2D eigenvalue weighted by Crippen LogP contribution is 2.19. The van der Waals surface area contributed by atoms with E-state index >= 15 is 0 Å². The molecule has 0 spiro atoms. The molecule has 0 aliphatic carbocycles. The maximum absolute atomic E-state index is 12.9. The molecule has 0 aliphatic rings. The zero-order valence-electron chi connectivity index (χ0n) is 56.6. The van der Waals surface area contributed by atoms with Gasteiger partial charge in [-0.1, -0.05) is 339 Å². The molecule has 0 aliphatic heterocycles. The minimum atomic E-state index is -1.62. The Balaban J connectivity index is 3.96. The Morgan fingerprint density at radius 2 is 0.643 bits per heavy atom. The van der Waals surface area contributed by atoms with Crippen LogP contribution in [0.25, 0.3) is 0 Å². The Labute approximate surface area is 521 Å². The molecule has 0 heterocycles. The number of ether oxygens (including phenoxy) is 4. The van der Waals surface area contributed by atoms with Crippen molar-refractivity contribution in [2.24, 2.45) is 0 Å². The summed E-state index contributed by atoms with van der Waals surface area (Å²) in [6, 6.07) is 0. The van der Waals surface area contributed by atoms with Crippen LogP contribution in [0.15, 0.2) is 36.5 Å². The maximum Gasteiger partial charge on any atom is 0.306 e. The molecular weight excluding hydrogens is 1040 g/mol. The molecule has 0 rings (SSSR count). The number of quaternary nitrogens is 1. The van der Waals surface area contributed by atoms with Crippen molar-refractivity contribution in [2.45, 2.75) is 379 Å². The van der Waals surface area contributed by atoms with Crippen molar-refractivity contribution in [2.75, 3.05) is 47.5 Å². The van der Waals surface area contributed by atoms with Gasteiger partial charge >= 0.3 is 11.9 Å². The number of aliphatic carboxylic acids is 1. The van der Waals surface area contributed by atoms with Gasteiger partial charge < -0.3 is 33.3 Å². The number of allylic oxidation sites excluding steroid dienone is 6. The number of likely N-dealkylation sites (N-methyl/N-ethyl adjacent to an activating group) is 1. The first-order valence-corrected chi connectivity index (χ1v) is 36.6. The van der Waals surface area contributed by atoms with Gasteiger partial charge in [-0.2, -0.15) is 0 Å². The van der Waals surface area contributed by atoms with Crippen LogP contribution in [0.3, 0.4) is 0 Å². The summed E-state index contributed by atoms with van der Waals surface area (Å²) in [4.78, 5) is 37.5. The first-order chi connectivity index (χ1) is 41.1. The number of hydrogen-bond acceptors (Lipinski definition) is 8. The van der Waals surface area contributed by atoms with Gasteiger partial charge in [0, 0.05) is 12.8 Å². The highest BCUT2D eigenvalue weighted by Gasteiger charge is 2.22. The summed E-state index contributed by atoms with van der Waals surface area (Å²) in [5.41, 5.74) is 0. The third kappa shape index (κ3) is 67.0. The van der Waals surface area contributed by atoms with Gasteiger partial charge in [0.2, 0.25) is 0 Å². The second-order valence-electron chi connectivity index (χ2n) is 26.2. The average Bonchev–Trinajstić information content (AvgIpc) is 3.52. The molecule has 0 amide bonds. The normalized spacial score (nSPS) is 12.8. The van der Waals surface area contributed by atoms with E-state index in [1.165, 1.54) is 289 Å². The molecule has 0 bridgehead atoms. The molecule has 9 nitrogen and oxygen atoms in total. The fourth-order valence-electron chi connectivity index (χ4n) is 11.0. The van der Waals surface area contributed by atoms with Crippen LogP contribution < -0.4 is 5.11 Å². The van der Waals surface area contributed by atoms with E-state index in [-0.39, 0.29) is 32.2 Å². The molecule has 0 fully saturated rings. The number of esters is 2. The van der Waals surface area contributed by atoms with Crippen LogP contribution in [0.2, 0.25) is 0 Å². The third-order valence-electron chi connectivity index (χ3n) is 16.6. The molecule has 0 aromatic rings. The fraction of sp³-hybridized carbons (Fsp3) is 0.880. The smallest absolute Gasteiger partial charge is 0.306 e. The monoisotopic (exact) mass is 1180 g/mol. The van der Waals surface area contributed by atoms with Crippen molar-refractivity contribution in [1.29, 1.82) is 0 Å². The minimum Gasteiger partial charge on any atom is -0.545 e. The van der Waals surface area contributed by atoms with Gasteiger partial charge in [0.1, 0.15) is 13.2 Å². The van der Waals surface area contributed by atoms with Crippen LogP contribution in [-0.4, -0.2) is 82.3 Å². The van der Waals surface area contributed by atoms with E-state index in [9.17, 15) is 19.5 Å². The van der Waals surface area contributed by atoms with E-state index in [4.69, 9.17) is 18.9 Å². The van der Waals surface area contributed by atoms with Crippen LogP contribution in [0.1, 0.15) is 367 Å². The summed E-state index contributed by atoms with van der Waals surface area (Å²) >= 11 is 0. The first-order valence-electron chi connectivity index (χ1n) is 36.6. The summed E-state index contributed by atoms with van der Waals surface area (Å²) in [5.74, 6) is -2.25. The van der Waals surface area contributed by atoms with Gasteiger partial charge in [0.15, 0.2) is 12.4 Å². The SMILES string of the molecule is CCCCCCC/C=C\C/C=C\C/C=C\CCCCCCCCCCCCCCCCCCCCCCCCCCC(=O)OC(COC(=O)CCCCCCCCCCCCCCCCCCCCCC)COC(OCC[N+](C)(C)C)C(=O)[O-]. The molecule has 0 aromatic heterocycles. The third-order valence-corrected chi connectivity index (χ3v) is 16.6. The molecule has 9 heteroatoms. The predicted octanol–water partition coefficient (Wildman–Crippen LogP) is 21.4. The average molecular weight is 1180 g/mol. The Morgan fingerprint density at radius 3 is 0.952 bits per heavy atom. The van der Waals surface area contributed by atoms with Crippen LogP contribution >= 0.6 is 0 Å². The van der Waals surface area contributed by atoms with Crippen LogP contribution in [0, 0.1) is 0 Å². The quantitative estimate of drug-likeness (QED) is 0.0195. The fourth-order valence-corrected chi connectivity index (χ4v) is 11.0. The summed E-state index contributed by atoms with van der Waals surface area (Å²) in [7, 11) is 5.95. The lowest BCUT2D eigenvalue weighted by Gasteiger charge is -2.26. The molecule has 2 unspecified atom stereocenters. The van der Waals surface area contributed by atoms with Gasteiger partial charge in [-0.3, -0.25) is 9.59 Å². The van der Waals surface area contributed by atoms with Gasteiger partial charge in [-0.15, -0.1) is 0 Å². The predicted molar refractivity (Wildman–Crippen MR) is 357 cm³/mol. The van der Waals surface area contributed by atoms with Crippen LogP contribution in [0.5, 0.6) is 0 Å². The highest BCUT2D eigenvalue weighted by molar-refractivity contribution is 5.70. The topological polar surface area (TPSA) is 111 Å². The Bertz CT molecular complexity index is 1470. The largest absolute Gasteiger partial charge is 0.545 e. The maximum atomic E-state index is 12.9. The van der Waals surface area contributed by atoms with Crippen molar-refractivity contribution in [1.82, 2.24) is 0 Å². The molecule has 0 radical (unpaired) electrons. The van der Waals surface area contributed by atoms with Crippen molar-refractivity contribution >= 4 is 17.9 Å². The van der Waals surface area contributed by atoms with Crippen molar-refractivity contribution in [3.05, 3.63) is 36.5 Å². The molecule has 0 saturated heterocycles. The Hall–Kier alpha value is -2.49. The molecular formula is C75H141NO8. The second-order valence-corrected chi connectivity index (χ2v) is 26.2. The van der Waals surface area contributed by atoms with E-state index in [2.05, 4.69) is 50.3 Å². The van der Waals surface area contributed by atoms with Crippen LogP contribution in [0.4, 0.5) is 0 Å². The first kappa shape index (κ1) is 81.5. The summed E-state index contributed by atoms with van der Waals surface area (Å²) < 4.78 is 22.8. The molecule has 84 heavy (non-hydrogen) atoms. The van der Waals surface area contributed by atoms with Crippen molar-refractivity contribution < 1.29 is 42.9 Å². The Morgan fingerprint density at radius 1 is 0.357 bits per heavy atom. The lowest BCUT2D eigenvalue weighted by Crippen LogP contribution is -2.44. The standard InChI is InChI=1S/C75H141NO8/c1-6-8-10-12-14-16-18-20-22-24-26-28-29-30-31-32-33-34-35-36-37-38-39-40-41-42-43-44-45-46-48-50-52-54-56-58-60-62-64-66-73(78)84-71(70-83-75(74(79)80)81-68-67-76(3,4)5)69-82-72(77)65-63-61-59-57-55-53-51-49-47-27-25-23-21-19-17-15-13-11-9-7-2/h18,20,24,26,29-30,71,75H,6-17,19,21-23,25,27-28,31-70H2,1-5H3/b20-18-,26-24-,30-29-. The van der Waals surface area contributed by atoms with E-state index in [1.807, 2.05) is 21.1 Å². The summed E-state index contributed by atoms with van der Waals surface area (Å²) in [6.45, 7) is 4.81. The zero-order valence-corrected chi connectivity index (χ0v) is 56.6. The minimum absolute atomic E-state index is 0.152. The lowest BCUT2D eigenvalue weighted by atomic mass is 10.0. The van der Waals surface area contributed by atoms with Crippen LogP contribution in [-0.2, 0) is 33.3 Å². The van der Waals surface area contributed by atoms with E-state index in [0.29, 0.717) is 17.4 Å². The van der Waals surface area contributed by atoms with Crippen molar-refractivity contribution in [3.63, 3.8) is 0 Å². The highest BCUT2D eigenvalue weighted by atomic mass is 16.7. The Kier molecular flexibility index (Phi) is 64.5. The number of rotatable bonds is 69. The molecule has 0 aromatic carbocycles. The van der Waals surface area contributed by atoms with E-state index < -0.39 is 24.3 Å². The number of carboxylic acids is 1. The molecule has 2 atom stereocenters. The van der Waals surface area contributed by atoms with Gasteiger partial charge in [-0.25, -0.2) is 0 Å². The number of carbonyl (C=O) groups excluding carboxylic acids is 3. The number of unbranched alkanes of at least 4 members (excludes halogenated alkanes) is 48. The van der Waals surface area contributed by atoms with Gasteiger partial charge in [0.25, 0.3) is 0 Å². The molecule has 0 saturated carbocycles. The zero-order chi connectivity index (χ0) is 61.2. The number of hydrogen-bond donors (Lipinski definition) is 0. The number of nitrogens with zero attached hydrogens (tertiary/aromatic N) is 1. The second kappa shape index (κ2) is 66.5. The number of carbonyl (C=O) groups is 3. The molecule has 494 valence electrons. The van der Waals surface area contributed by atoms with E-state index in [1.54, 1.807) is 0 Å². The summed E-state index contributed by atoms with van der Waals surface area (Å²) in [5, 5.41) is 11.8. The van der Waals surface area contributed by atoms with Crippen molar-refractivity contribution in [3.8, 4) is 0 Å². The number of carboxylic acid groups (broad SMARTS) is 1. The van der Waals surface area contributed by atoms with Gasteiger partial charge in [-0.05, 0) is 51.4 Å². The van der Waals surface area contributed by atoms with E-state index in [0.717, 1.165) is 51.4 Å². The lowest BCUT2D eigenvalue weighted by molar-refractivity contribution is -0.870. The van der Waals surface area contributed by atoms with Gasteiger partial charge in [0.05, 0.1) is 40.3 Å².